The van der Waals surface area contributed by atoms with Crippen LogP contribution in [0.4, 0.5) is 17.1 Å². The smallest absolute Gasteiger partial charge is 0.293 e. The van der Waals surface area contributed by atoms with Gasteiger partial charge < -0.3 is 10.2 Å². The van der Waals surface area contributed by atoms with E-state index in [9.17, 15) is 14.9 Å². The third kappa shape index (κ3) is 5.08. The number of nitrogens with zero attached hydrogens (tertiary/aromatic N) is 2. The van der Waals surface area contributed by atoms with E-state index in [4.69, 9.17) is 12.2 Å². The molecule has 29 heavy (non-hydrogen) atoms. The SMILES string of the molecule is Cc1ccc(NC(=S)NC(=O)c2ccc(N3CCCCC3)c([N+](=O)[O-])c2)c(C)c1. The van der Waals surface area contributed by atoms with Gasteiger partial charge in [0.05, 0.1) is 4.92 Å². The van der Waals surface area contributed by atoms with Gasteiger partial charge in [0.1, 0.15) is 5.69 Å². The van der Waals surface area contributed by atoms with E-state index in [0.717, 1.165) is 49.2 Å². The first-order valence-corrected chi connectivity index (χ1v) is 9.99. The number of nitro benzene ring substituents is 1. The number of nitro groups is 1. The highest BCUT2D eigenvalue weighted by atomic mass is 32.1. The minimum absolute atomic E-state index is 0.0622. The predicted octanol–water partition coefficient (Wildman–Crippen LogP) is 4.33. The van der Waals surface area contributed by atoms with E-state index in [1.165, 1.54) is 6.07 Å². The first-order valence-electron chi connectivity index (χ1n) is 9.58. The summed E-state index contributed by atoms with van der Waals surface area (Å²) in [6, 6.07) is 10.4. The maximum absolute atomic E-state index is 12.6. The molecule has 1 saturated heterocycles. The fourth-order valence-electron chi connectivity index (χ4n) is 3.50. The van der Waals surface area contributed by atoms with E-state index in [0.29, 0.717) is 5.69 Å². The number of hydrogen-bond acceptors (Lipinski definition) is 5. The summed E-state index contributed by atoms with van der Waals surface area (Å²) in [5.74, 6) is -0.486. The lowest BCUT2D eigenvalue weighted by Gasteiger charge is -2.28. The molecule has 1 amide bonds. The van der Waals surface area contributed by atoms with Gasteiger partial charge >= 0.3 is 0 Å². The standard InChI is InChI=1S/C21H24N4O3S/c1-14-6-8-17(15(2)12-14)22-21(29)23-20(26)16-7-9-18(19(13-16)25(27)28)24-10-4-3-5-11-24/h6-9,12-13H,3-5,10-11H2,1-2H3,(H2,22,23,26,29). The highest BCUT2D eigenvalue weighted by molar-refractivity contribution is 7.80. The van der Waals surface area contributed by atoms with E-state index >= 15 is 0 Å². The molecule has 2 aromatic rings. The van der Waals surface area contributed by atoms with E-state index in [2.05, 4.69) is 10.6 Å². The second-order valence-corrected chi connectivity index (χ2v) is 7.64. The molecule has 0 aromatic heterocycles. The number of benzene rings is 2. The maximum Gasteiger partial charge on any atom is 0.293 e. The average molecular weight is 413 g/mol. The van der Waals surface area contributed by atoms with Crippen LogP contribution in [-0.2, 0) is 0 Å². The molecule has 0 bridgehead atoms. The first kappa shape index (κ1) is 20.7. The normalized spacial score (nSPS) is 13.7. The second-order valence-electron chi connectivity index (χ2n) is 7.23. The molecule has 1 aliphatic rings. The molecule has 0 radical (unpaired) electrons. The molecular formula is C21H24N4O3S. The zero-order valence-corrected chi connectivity index (χ0v) is 17.3. The lowest BCUT2D eigenvalue weighted by molar-refractivity contribution is -0.384. The Hall–Kier alpha value is -3.00. The lowest BCUT2D eigenvalue weighted by Crippen LogP contribution is -2.34. The fourth-order valence-corrected chi connectivity index (χ4v) is 3.70. The summed E-state index contributed by atoms with van der Waals surface area (Å²) in [5.41, 5.74) is 3.62. The van der Waals surface area contributed by atoms with Crippen LogP contribution < -0.4 is 15.5 Å². The minimum Gasteiger partial charge on any atom is -0.366 e. The van der Waals surface area contributed by atoms with Crippen molar-refractivity contribution >= 4 is 40.3 Å². The predicted molar refractivity (Wildman–Crippen MR) is 119 cm³/mol. The Morgan fingerprint density at radius 3 is 2.48 bits per heavy atom. The van der Waals surface area contributed by atoms with Crippen molar-refractivity contribution in [1.29, 1.82) is 0 Å². The summed E-state index contributed by atoms with van der Waals surface area (Å²) >= 11 is 5.23. The van der Waals surface area contributed by atoms with Crippen molar-refractivity contribution in [2.24, 2.45) is 0 Å². The molecule has 1 aliphatic heterocycles. The van der Waals surface area contributed by atoms with Crippen molar-refractivity contribution in [3.05, 3.63) is 63.2 Å². The molecule has 1 fully saturated rings. The van der Waals surface area contributed by atoms with Gasteiger partial charge in [-0.1, -0.05) is 17.7 Å². The van der Waals surface area contributed by atoms with E-state index in [-0.39, 0.29) is 16.4 Å². The van der Waals surface area contributed by atoms with Crippen LogP contribution in [0, 0.1) is 24.0 Å². The fraction of sp³-hybridized carbons (Fsp3) is 0.333. The Balaban J connectivity index is 1.73. The molecule has 3 rings (SSSR count). The Labute approximate surface area is 175 Å². The molecule has 0 spiro atoms. The van der Waals surface area contributed by atoms with Crippen LogP contribution in [-0.4, -0.2) is 29.0 Å². The summed E-state index contributed by atoms with van der Waals surface area (Å²) in [6.45, 7) is 5.52. The van der Waals surface area contributed by atoms with Crippen LogP contribution in [0.2, 0.25) is 0 Å². The number of nitrogens with one attached hydrogen (secondary N) is 2. The largest absolute Gasteiger partial charge is 0.366 e. The molecular weight excluding hydrogens is 388 g/mol. The summed E-state index contributed by atoms with van der Waals surface area (Å²) in [6.07, 6.45) is 3.16. The number of rotatable bonds is 4. The Morgan fingerprint density at radius 1 is 1.10 bits per heavy atom. The Morgan fingerprint density at radius 2 is 1.83 bits per heavy atom. The van der Waals surface area contributed by atoms with Gasteiger partial charge in [-0.2, -0.15) is 0 Å². The van der Waals surface area contributed by atoms with Crippen LogP contribution >= 0.6 is 12.2 Å². The molecule has 1 heterocycles. The summed E-state index contributed by atoms with van der Waals surface area (Å²) in [5, 5.41) is 17.3. The topological polar surface area (TPSA) is 87.5 Å². The van der Waals surface area contributed by atoms with E-state index in [1.807, 2.05) is 36.9 Å². The van der Waals surface area contributed by atoms with Gasteiger partial charge in [0.25, 0.3) is 11.6 Å². The molecule has 0 aliphatic carbocycles. The second kappa shape index (κ2) is 9.00. The van der Waals surface area contributed by atoms with Gasteiger partial charge in [-0.3, -0.25) is 20.2 Å². The Bertz CT molecular complexity index is 955. The van der Waals surface area contributed by atoms with E-state index in [1.54, 1.807) is 12.1 Å². The Kier molecular flexibility index (Phi) is 6.43. The number of amides is 1. The van der Waals surface area contributed by atoms with Crippen molar-refractivity contribution in [2.75, 3.05) is 23.3 Å². The van der Waals surface area contributed by atoms with Gasteiger partial charge in [-0.05, 0) is 69.1 Å². The third-order valence-electron chi connectivity index (χ3n) is 4.99. The van der Waals surface area contributed by atoms with E-state index < -0.39 is 10.8 Å². The molecule has 8 heteroatoms. The molecule has 152 valence electrons. The summed E-state index contributed by atoms with van der Waals surface area (Å²) in [7, 11) is 0. The molecule has 7 nitrogen and oxygen atoms in total. The number of anilines is 2. The number of hydrogen-bond donors (Lipinski definition) is 2. The van der Waals surface area contributed by atoms with Gasteiger partial charge in [0.15, 0.2) is 5.11 Å². The van der Waals surface area contributed by atoms with Gasteiger partial charge in [0.2, 0.25) is 0 Å². The summed E-state index contributed by atoms with van der Waals surface area (Å²) < 4.78 is 0. The maximum atomic E-state index is 12.6. The molecule has 0 atom stereocenters. The van der Waals surface area contributed by atoms with Crippen LogP contribution in [0.15, 0.2) is 36.4 Å². The van der Waals surface area contributed by atoms with Crippen LogP contribution in [0.1, 0.15) is 40.7 Å². The van der Waals surface area contributed by atoms with Crippen LogP contribution in [0.5, 0.6) is 0 Å². The highest BCUT2D eigenvalue weighted by Crippen LogP contribution is 2.31. The van der Waals surface area contributed by atoms with Crippen molar-refractivity contribution in [2.45, 2.75) is 33.1 Å². The van der Waals surface area contributed by atoms with Crippen LogP contribution in [0.25, 0.3) is 0 Å². The molecule has 2 N–H and O–H groups in total. The molecule has 0 saturated carbocycles. The van der Waals surface area contributed by atoms with Crippen molar-refractivity contribution in [3.63, 3.8) is 0 Å². The van der Waals surface area contributed by atoms with Crippen LogP contribution in [0.3, 0.4) is 0 Å². The van der Waals surface area contributed by atoms with Crippen molar-refractivity contribution in [3.8, 4) is 0 Å². The third-order valence-corrected chi connectivity index (χ3v) is 5.19. The zero-order valence-electron chi connectivity index (χ0n) is 16.5. The quantitative estimate of drug-likeness (QED) is 0.442. The molecule has 0 unspecified atom stereocenters. The van der Waals surface area contributed by atoms with Crippen molar-refractivity contribution < 1.29 is 9.72 Å². The highest BCUT2D eigenvalue weighted by Gasteiger charge is 2.23. The van der Waals surface area contributed by atoms with Gasteiger partial charge in [0, 0.05) is 30.4 Å². The van der Waals surface area contributed by atoms with Gasteiger partial charge in [-0.25, -0.2) is 0 Å². The zero-order chi connectivity index (χ0) is 21.0. The summed E-state index contributed by atoms with van der Waals surface area (Å²) in [4.78, 5) is 25.7. The lowest BCUT2D eigenvalue weighted by atomic mass is 10.1. The average Bonchev–Trinajstić information content (AvgIpc) is 2.70. The number of piperidine rings is 1. The monoisotopic (exact) mass is 412 g/mol. The number of aryl methyl sites for hydroxylation is 2. The number of carbonyl (C=O) groups is 1. The van der Waals surface area contributed by atoms with Crippen molar-refractivity contribution in [1.82, 2.24) is 5.32 Å². The first-order chi connectivity index (χ1) is 13.8. The van der Waals surface area contributed by atoms with Gasteiger partial charge in [-0.15, -0.1) is 0 Å². The number of thiocarbonyl (C=S) groups is 1. The number of carbonyl (C=O) groups excluding carboxylic acids is 1. The molecule has 2 aromatic carbocycles. The minimum atomic E-state index is -0.486.